The normalized spacial score (nSPS) is 12.6. The van der Waals surface area contributed by atoms with Gasteiger partial charge in [-0.3, -0.25) is 9.48 Å². The van der Waals surface area contributed by atoms with Crippen LogP contribution in [-0.2, 0) is 7.05 Å². The number of nitrogens with zero attached hydrogens (tertiary/aromatic N) is 5. The Morgan fingerprint density at radius 3 is 2.39 bits per heavy atom. The van der Waals surface area contributed by atoms with E-state index in [0.717, 1.165) is 32.5 Å². The van der Waals surface area contributed by atoms with Crippen LogP contribution in [0.3, 0.4) is 0 Å². The lowest BCUT2D eigenvalue weighted by molar-refractivity contribution is 0.630. The van der Waals surface area contributed by atoms with Gasteiger partial charge < -0.3 is 0 Å². The first kappa shape index (κ1) is 21.6. The van der Waals surface area contributed by atoms with E-state index in [1.807, 2.05) is 88.9 Å². The largest absolute Gasteiger partial charge is 0.297 e. The summed E-state index contributed by atoms with van der Waals surface area (Å²) in [6.45, 7) is 3.91. The van der Waals surface area contributed by atoms with E-state index in [4.69, 9.17) is 10.1 Å². The first-order chi connectivity index (χ1) is 16.0. The number of hydrogen-bond donors (Lipinski definition) is 0. The molecule has 0 aliphatic rings. The molecule has 5 aromatic rings. The highest BCUT2D eigenvalue weighted by molar-refractivity contribution is 7.14. The van der Waals surface area contributed by atoms with Crippen LogP contribution in [0.5, 0.6) is 0 Å². The number of para-hydroxylation sites is 1. The molecule has 0 saturated carbocycles. The quantitative estimate of drug-likeness (QED) is 0.294. The van der Waals surface area contributed by atoms with Crippen LogP contribution in [0.4, 0.5) is 5.69 Å². The summed E-state index contributed by atoms with van der Waals surface area (Å²) in [7, 11) is 1.88. The maximum atomic E-state index is 13.4. The van der Waals surface area contributed by atoms with Gasteiger partial charge in [0.25, 0.3) is 5.56 Å². The molecule has 6 nitrogen and oxygen atoms in total. The summed E-state index contributed by atoms with van der Waals surface area (Å²) in [5, 5.41) is 11.0. The fraction of sp³-hybridized carbons (Fsp3) is 0.125. The summed E-state index contributed by atoms with van der Waals surface area (Å²) in [5.74, 6) is 0. The molecule has 0 bridgehead atoms. The van der Waals surface area contributed by atoms with Crippen LogP contribution in [0.1, 0.15) is 17.5 Å². The van der Waals surface area contributed by atoms with E-state index in [9.17, 15) is 4.79 Å². The molecule has 1 aromatic carbocycles. The number of thiazole rings is 1. The van der Waals surface area contributed by atoms with E-state index in [2.05, 4.69) is 12.1 Å². The molecule has 166 valence electrons. The molecule has 4 aromatic heterocycles. The zero-order valence-electron chi connectivity index (χ0n) is 18.3. The monoisotopic (exact) mass is 491 g/mol. The molecule has 0 fully saturated rings. The molecule has 0 radical (unpaired) electrons. The Kier molecular flexibility index (Phi) is 5.84. The maximum absolute atomic E-state index is 13.4. The zero-order chi connectivity index (χ0) is 22.9. The number of thiophene rings is 2. The van der Waals surface area contributed by atoms with Crippen LogP contribution >= 0.6 is 34.0 Å². The lowest BCUT2D eigenvalue weighted by Gasteiger charge is -2.07. The van der Waals surface area contributed by atoms with Crippen LogP contribution in [0.2, 0.25) is 0 Å². The van der Waals surface area contributed by atoms with Gasteiger partial charge in [-0.2, -0.15) is 5.10 Å². The molecule has 0 N–H and O–H groups in total. The third-order valence-corrected chi connectivity index (χ3v) is 8.01. The Labute approximate surface area is 202 Å². The Morgan fingerprint density at radius 1 is 0.939 bits per heavy atom. The minimum Gasteiger partial charge on any atom is -0.283 e. The second-order valence-electron chi connectivity index (χ2n) is 7.38. The first-order valence-electron chi connectivity index (χ1n) is 10.3. The highest BCUT2D eigenvalue weighted by Crippen LogP contribution is 2.26. The Hall–Kier alpha value is -3.27. The van der Waals surface area contributed by atoms with Crippen molar-refractivity contribution in [1.82, 2.24) is 14.0 Å². The zero-order valence-corrected chi connectivity index (χ0v) is 20.7. The van der Waals surface area contributed by atoms with E-state index in [1.54, 1.807) is 27.4 Å². The summed E-state index contributed by atoms with van der Waals surface area (Å²) < 4.78 is 5.34. The predicted octanol–water partition coefficient (Wildman–Crippen LogP) is 5.64. The molecule has 0 aliphatic carbocycles. The Balaban J connectivity index is 1.72. The van der Waals surface area contributed by atoms with Crippen molar-refractivity contribution in [3.05, 3.63) is 96.5 Å². The first-order valence-corrected chi connectivity index (χ1v) is 12.9. The van der Waals surface area contributed by atoms with Gasteiger partial charge in [-0.1, -0.05) is 30.3 Å². The fourth-order valence-corrected chi connectivity index (χ4v) is 5.83. The van der Waals surface area contributed by atoms with Gasteiger partial charge in [0.05, 0.1) is 32.5 Å². The molecule has 4 heterocycles. The van der Waals surface area contributed by atoms with Gasteiger partial charge >= 0.3 is 0 Å². The number of rotatable bonds is 5. The molecule has 5 rings (SSSR count). The molecule has 0 spiro atoms. The van der Waals surface area contributed by atoms with Crippen LogP contribution in [0, 0.1) is 6.92 Å². The Bertz CT molecular complexity index is 1550. The van der Waals surface area contributed by atoms with Crippen molar-refractivity contribution < 1.29 is 0 Å². The number of benzene rings is 1. The van der Waals surface area contributed by atoms with Crippen molar-refractivity contribution >= 4 is 45.4 Å². The van der Waals surface area contributed by atoms with E-state index in [1.165, 1.54) is 11.3 Å². The molecular weight excluding hydrogens is 470 g/mol. The smallest absolute Gasteiger partial charge is 0.283 e. The number of aromatic nitrogens is 3. The molecular formula is C24H21N5OS3. The van der Waals surface area contributed by atoms with Crippen molar-refractivity contribution in [2.24, 2.45) is 17.1 Å². The third kappa shape index (κ3) is 3.99. The van der Waals surface area contributed by atoms with Gasteiger partial charge in [0.1, 0.15) is 0 Å². The summed E-state index contributed by atoms with van der Waals surface area (Å²) >= 11 is 4.78. The van der Waals surface area contributed by atoms with Crippen molar-refractivity contribution in [3.63, 3.8) is 0 Å². The highest BCUT2D eigenvalue weighted by Gasteiger charge is 2.17. The summed E-state index contributed by atoms with van der Waals surface area (Å²) in [4.78, 5) is 21.1. The van der Waals surface area contributed by atoms with Gasteiger partial charge in [-0.15, -0.1) is 34.0 Å². The van der Waals surface area contributed by atoms with E-state index >= 15 is 0 Å². The second kappa shape index (κ2) is 8.93. The average Bonchev–Trinajstić information content (AvgIpc) is 3.62. The van der Waals surface area contributed by atoms with E-state index < -0.39 is 0 Å². The van der Waals surface area contributed by atoms with Crippen LogP contribution < -0.4 is 10.4 Å². The van der Waals surface area contributed by atoms with Crippen LogP contribution in [0.15, 0.2) is 85.6 Å². The molecule has 0 saturated heterocycles. The van der Waals surface area contributed by atoms with Gasteiger partial charge in [0, 0.05) is 12.4 Å². The van der Waals surface area contributed by atoms with Gasteiger partial charge in [-0.25, -0.2) is 14.4 Å². The number of hydrogen-bond acceptors (Lipinski definition) is 6. The lowest BCUT2D eigenvalue weighted by atomic mass is 10.3. The second-order valence-corrected chi connectivity index (χ2v) is 10.1. The van der Waals surface area contributed by atoms with E-state index in [-0.39, 0.29) is 5.56 Å². The van der Waals surface area contributed by atoms with Crippen molar-refractivity contribution in [2.45, 2.75) is 13.8 Å². The molecule has 0 aliphatic heterocycles. The minimum atomic E-state index is -0.155. The van der Waals surface area contributed by atoms with Gasteiger partial charge in [0.2, 0.25) is 4.80 Å². The molecule has 9 heteroatoms. The van der Waals surface area contributed by atoms with Crippen LogP contribution in [-0.4, -0.2) is 19.8 Å². The SMILES string of the molecule is CC(=Nn1c(-c2cccs2)csc1=Nc1c(C)n(C)n(-c2ccccc2)c1=O)c1cccs1. The molecule has 33 heavy (non-hydrogen) atoms. The van der Waals surface area contributed by atoms with Gasteiger partial charge in [-0.05, 0) is 48.9 Å². The fourth-order valence-electron chi connectivity index (χ4n) is 3.53. The predicted molar refractivity (Wildman–Crippen MR) is 139 cm³/mol. The molecule has 0 atom stereocenters. The Morgan fingerprint density at radius 2 is 1.70 bits per heavy atom. The average molecular weight is 492 g/mol. The van der Waals surface area contributed by atoms with E-state index in [0.29, 0.717) is 10.5 Å². The minimum absolute atomic E-state index is 0.155. The van der Waals surface area contributed by atoms with Crippen molar-refractivity contribution in [2.75, 3.05) is 0 Å². The summed E-state index contributed by atoms with van der Waals surface area (Å²) in [6.07, 6.45) is 0. The lowest BCUT2D eigenvalue weighted by Crippen LogP contribution is -2.20. The topological polar surface area (TPSA) is 56.6 Å². The van der Waals surface area contributed by atoms with Crippen molar-refractivity contribution in [1.29, 1.82) is 0 Å². The summed E-state index contributed by atoms with van der Waals surface area (Å²) in [6, 6.07) is 17.8. The summed E-state index contributed by atoms with van der Waals surface area (Å²) in [5.41, 5.74) is 3.71. The van der Waals surface area contributed by atoms with Gasteiger partial charge in [0.15, 0.2) is 5.69 Å². The van der Waals surface area contributed by atoms with Crippen LogP contribution in [0.25, 0.3) is 16.3 Å². The standard InChI is InChI=1S/C24H21N5OS3/c1-16(20-11-7-13-31-20)26-28-19(21-12-8-14-32-21)15-33-24(28)25-22-17(2)27(3)29(23(22)30)18-9-5-4-6-10-18/h4-15H,1-3H3. The molecule has 0 amide bonds. The highest BCUT2D eigenvalue weighted by atomic mass is 32.1. The third-order valence-electron chi connectivity index (χ3n) is 5.32. The molecule has 0 unspecified atom stereocenters. The van der Waals surface area contributed by atoms with Crippen molar-refractivity contribution in [3.8, 4) is 16.3 Å². The maximum Gasteiger partial charge on any atom is 0.297 e.